The van der Waals surface area contributed by atoms with Gasteiger partial charge >= 0.3 is 0 Å². The Bertz CT molecular complexity index is 1230. The molecule has 4 aromatic rings. The topological polar surface area (TPSA) is 78.3 Å². The Morgan fingerprint density at radius 2 is 2.03 bits per heavy atom. The number of nitrogens with one attached hydrogen (secondary N) is 2. The molecule has 0 saturated heterocycles. The summed E-state index contributed by atoms with van der Waals surface area (Å²) in [5.41, 5.74) is 3.06. The molecule has 5 rings (SSSR count). The Morgan fingerprint density at radius 1 is 1.29 bits per heavy atom. The van der Waals surface area contributed by atoms with Gasteiger partial charge in [-0.1, -0.05) is 30.9 Å². The predicted molar refractivity (Wildman–Crippen MR) is 122 cm³/mol. The molecule has 7 nitrogen and oxygen atoms in total. The van der Waals surface area contributed by atoms with Gasteiger partial charge in [0.1, 0.15) is 5.69 Å². The van der Waals surface area contributed by atoms with E-state index in [-0.39, 0.29) is 5.02 Å². The summed E-state index contributed by atoms with van der Waals surface area (Å²) in [6, 6.07) is 5.36. The molecular weight excluding hydrogens is 419 g/mol. The number of H-pyrrole nitrogens is 1. The molecule has 3 heterocycles. The van der Waals surface area contributed by atoms with Gasteiger partial charge in [0, 0.05) is 36.3 Å². The zero-order valence-electron chi connectivity index (χ0n) is 17.5. The number of carbonyl (C=O) groups excluding carboxylic acids is 1. The highest BCUT2D eigenvalue weighted by atomic mass is 35.5. The van der Waals surface area contributed by atoms with Crippen LogP contribution in [0.4, 0.5) is 15.9 Å². The van der Waals surface area contributed by atoms with Gasteiger partial charge in [-0.05, 0) is 31.5 Å². The molecule has 9 heteroatoms. The quantitative estimate of drug-likeness (QED) is 0.399. The Kier molecular flexibility index (Phi) is 6.08. The molecule has 0 atom stereocenters. The lowest BCUT2D eigenvalue weighted by atomic mass is 10.0. The minimum atomic E-state index is -0.478. The number of nitrogens with zero attached hydrogens (tertiary/aromatic N) is 4. The fourth-order valence-corrected chi connectivity index (χ4v) is 3.80. The summed E-state index contributed by atoms with van der Waals surface area (Å²) in [5, 5.41) is 14.6. The summed E-state index contributed by atoms with van der Waals surface area (Å²) in [4.78, 5) is 12.5. The molecule has 31 heavy (non-hydrogen) atoms. The number of aromatic amines is 1. The van der Waals surface area contributed by atoms with Gasteiger partial charge in [-0.15, -0.1) is 0 Å². The molecule has 1 aliphatic rings. The molecule has 2 N–H and O–H groups in total. The van der Waals surface area contributed by atoms with Crippen LogP contribution in [0.2, 0.25) is 5.02 Å². The SMILES string of the molecule is C1CC1.CCN(CC)c1c(F)c(Cl)c(-c2ccn3nc(NC=O)cc3c2)c2cn[nH]c12. The molecule has 162 valence electrons. The minimum absolute atomic E-state index is 0.0471. The van der Waals surface area contributed by atoms with Crippen molar-refractivity contribution in [2.45, 2.75) is 33.1 Å². The fraction of sp³-hybridized carbons (Fsp3) is 0.318. The van der Waals surface area contributed by atoms with Crippen molar-refractivity contribution in [2.24, 2.45) is 0 Å². The van der Waals surface area contributed by atoms with Crippen LogP contribution in [0.25, 0.3) is 27.5 Å². The van der Waals surface area contributed by atoms with Crippen LogP contribution in [0.5, 0.6) is 0 Å². The summed E-state index contributed by atoms with van der Waals surface area (Å²) >= 11 is 6.51. The number of amides is 1. The number of carbonyl (C=O) groups is 1. The van der Waals surface area contributed by atoms with E-state index in [1.807, 2.05) is 24.8 Å². The Labute approximate surface area is 184 Å². The average Bonchev–Trinajstić information content (AvgIpc) is 3.49. The molecule has 1 fully saturated rings. The molecule has 1 aliphatic carbocycles. The summed E-state index contributed by atoms with van der Waals surface area (Å²) in [5.74, 6) is -0.0522. The summed E-state index contributed by atoms with van der Waals surface area (Å²) in [6.07, 6.45) is 8.46. The van der Waals surface area contributed by atoms with Gasteiger partial charge in [-0.2, -0.15) is 10.2 Å². The largest absolute Gasteiger partial charge is 0.368 e. The smallest absolute Gasteiger partial charge is 0.212 e. The number of aromatic nitrogens is 4. The Hall–Kier alpha value is -3.13. The summed E-state index contributed by atoms with van der Waals surface area (Å²) < 4.78 is 16.9. The maximum atomic E-state index is 15.3. The van der Waals surface area contributed by atoms with Gasteiger partial charge in [0.05, 0.1) is 22.3 Å². The van der Waals surface area contributed by atoms with E-state index >= 15 is 4.39 Å². The lowest BCUT2D eigenvalue weighted by Crippen LogP contribution is -2.23. The zero-order valence-corrected chi connectivity index (χ0v) is 18.2. The number of fused-ring (bicyclic) bond motifs is 2. The van der Waals surface area contributed by atoms with Crippen molar-refractivity contribution in [1.29, 1.82) is 0 Å². The highest BCUT2D eigenvalue weighted by Gasteiger charge is 2.24. The molecule has 0 unspecified atom stereocenters. The number of hydrogen-bond donors (Lipinski definition) is 2. The first-order valence-electron chi connectivity index (χ1n) is 10.4. The van der Waals surface area contributed by atoms with Crippen molar-refractivity contribution >= 4 is 45.9 Å². The summed E-state index contributed by atoms with van der Waals surface area (Å²) in [6.45, 7) is 5.22. The van der Waals surface area contributed by atoms with Crippen molar-refractivity contribution < 1.29 is 9.18 Å². The van der Waals surface area contributed by atoms with Crippen LogP contribution < -0.4 is 10.2 Å². The van der Waals surface area contributed by atoms with E-state index in [9.17, 15) is 4.79 Å². The van der Waals surface area contributed by atoms with E-state index in [0.717, 1.165) is 16.5 Å². The molecule has 0 bridgehead atoms. The van der Waals surface area contributed by atoms with Crippen molar-refractivity contribution in [2.75, 3.05) is 23.3 Å². The normalized spacial score (nSPS) is 12.5. The van der Waals surface area contributed by atoms with Crippen LogP contribution in [-0.2, 0) is 4.79 Å². The van der Waals surface area contributed by atoms with E-state index in [1.54, 1.807) is 29.0 Å². The molecule has 0 aliphatic heterocycles. The number of halogens is 2. The second-order valence-corrected chi connectivity index (χ2v) is 7.70. The monoisotopic (exact) mass is 442 g/mol. The van der Waals surface area contributed by atoms with Crippen molar-refractivity contribution in [3.63, 3.8) is 0 Å². The van der Waals surface area contributed by atoms with Gasteiger partial charge in [0.2, 0.25) is 6.41 Å². The number of hydrogen-bond acceptors (Lipinski definition) is 4. The predicted octanol–water partition coefficient (Wildman–Crippen LogP) is 5.25. The second-order valence-electron chi connectivity index (χ2n) is 7.32. The molecule has 0 radical (unpaired) electrons. The van der Waals surface area contributed by atoms with E-state index in [1.165, 1.54) is 19.3 Å². The van der Waals surface area contributed by atoms with Crippen molar-refractivity contribution in [3.05, 3.63) is 41.4 Å². The van der Waals surface area contributed by atoms with Gasteiger partial charge in [0.15, 0.2) is 11.6 Å². The number of rotatable bonds is 6. The molecule has 1 saturated carbocycles. The van der Waals surface area contributed by atoms with Crippen LogP contribution in [0.15, 0.2) is 30.6 Å². The van der Waals surface area contributed by atoms with E-state index in [2.05, 4.69) is 20.6 Å². The van der Waals surface area contributed by atoms with Crippen LogP contribution in [0.3, 0.4) is 0 Å². The number of anilines is 2. The van der Waals surface area contributed by atoms with Crippen molar-refractivity contribution in [1.82, 2.24) is 19.8 Å². The first kappa shape index (κ1) is 21.1. The van der Waals surface area contributed by atoms with Crippen molar-refractivity contribution in [3.8, 4) is 11.1 Å². The lowest BCUT2D eigenvalue weighted by Gasteiger charge is -2.24. The van der Waals surface area contributed by atoms with Gasteiger partial charge in [-0.3, -0.25) is 9.89 Å². The van der Waals surface area contributed by atoms with E-state index in [4.69, 9.17) is 11.6 Å². The third-order valence-corrected chi connectivity index (χ3v) is 5.51. The third-order valence-electron chi connectivity index (χ3n) is 5.16. The highest BCUT2D eigenvalue weighted by Crippen LogP contribution is 2.42. The summed E-state index contributed by atoms with van der Waals surface area (Å²) in [7, 11) is 0. The molecule has 1 amide bonds. The van der Waals surface area contributed by atoms with Gasteiger partial charge in [-0.25, -0.2) is 8.91 Å². The minimum Gasteiger partial charge on any atom is -0.368 e. The zero-order chi connectivity index (χ0) is 22.0. The molecule has 0 spiro atoms. The van der Waals surface area contributed by atoms with Gasteiger partial charge in [0.25, 0.3) is 0 Å². The first-order chi connectivity index (χ1) is 15.1. The van der Waals surface area contributed by atoms with E-state index < -0.39 is 5.82 Å². The maximum Gasteiger partial charge on any atom is 0.212 e. The van der Waals surface area contributed by atoms with E-state index in [0.29, 0.717) is 42.1 Å². The highest BCUT2D eigenvalue weighted by molar-refractivity contribution is 6.36. The average molecular weight is 443 g/mol. The first-order valence-corrected chi connectivity index (χ1v) is 10.8. The standard InChI is InChI=1S/C19H18ClFN6O.C3H6/c1-3-26(4-2)19-17(21)16(20)15(13-9-23-24-18(13)19)11-5-6-27-12(7-11)8-14(25-27)22-10-28;1-2-3-1/h5-10H,3-4H2,1-2H3,(H,23,24)(H,22,25,28);1-3H2. The van der Waals surface area contributed by atoms with Crippen LogP contribution in [0.1, 0.15) is 33.1 Å². The van der Waals surface area contributed by atoms with Gasteiger partial charge < -0.3 is 10.2 Å². The molecule has 1 aromatic carbocycles. The van der Waals surface area contributed by atoms with Crippen LogP contribution in [0, 0.1) is 5.82 Å². The number of benzene rings is 1. The number of pyridine rings is 1. The third kappa shape index (κ3) is 4.07. The molecule has 3 aromatic heterocycles. The Morgan fingerprint density at radius 3 is 2.68 bits per heavy atom. The second kappa shape index (κ2) is 8.93. The molecular formula is C22H24ClFN6O. The fourth-order valence-electron chi connectivity index (χ4n) is 3.50. The van der Waals surface area contributed by atoms with Crippen LogP contribution in [-0.4, -0.2) is 39.3 Å². The lowest BCUT2D eigenvalue weighted by molar-refractivity contribution is -0.105. The maximum absolute atomic E-state index is 15.3. The van der Waals surface area contributed by atoms with Crippen LogP contribution >= 0.6 is 11.6 Å². The Balaban J connectivity index is 0.000000710.